The molecule has 3 rings (SSSR count). The van der Waals surface area contributed by atoms with Crippen LogP contribution < -0.4 is 4.74 Å². The van der Waals surface area contributed by atoms with Gasteiger partial charge in [-0.2, -0.15) is 0 Å². The van der Waals surface area contributed by atoms with Crippen molar-refractivity contribution in [1.82, 2.24) is 4.90 Å². The predicted molar refractivity (Wildman–Crippen MR) is 94.4 cm³/mol. The van der Waals surface area contributed by atoms with Gasteiger partial charge in [0, 0.05) is 24.0 Å². The van der Waals surface area contributed by atoms with Gasteiger partial charge < -0.3 is 23.5 Å². The number of esters is 1. The summed E-state index contributed by atoms with van der Waals surface area (Å²) >= 11 is 0. The number of methoxy groups -OCH3 is 1. The molecule has 1 amide bonds. The minimum atomic E-state index is -0.652. The molecule has 0 unspecified atom stereocenters. The highest BCUT2D eigenvalue weighted by molar-refractivity contribution is 5.97. The molecule has 2 atom stereocenters. The van der Waals surface area contributed by atoms with Crippen LogP contribution in [0, 0.1) is 6.92 Å². The number of rotatable bonds is 4. The van der Waals surface area contributed by atoms with Gasteiger partial charge in [-0.3, -0.25) is 4.79 Å². The molecule has 26 heavy (non-hydrogen) atoms. The first-order valence-corrected chi connectivity index (χ1v) is 8.56. The second kappa shape index (κ2) is 7.37. The lowest BCUT2D eigenvalue weighted by atomic mass is 10.1. The Labute approximate surface area is 151 Å². The Morgan fingerprint density at radius 1 is 1.23 bits per heavy atom. The van der Waals surface area contributed by atoms with Crippen LogP contribution in [0.1, 0.15) is 30.0 Å². The van der Waals surface area contributed by atoms with Gasteiger partial charge in [0.1, 0.15) is 11.3 Å². The van der Waals surface area contributed by atoms with E-state index >= 15 is 0 Å². The van der Waals surface area contributed by atoms with Crippen LogP contribution in [0.25, 0.3) is 11.0 Å². The number of fused-ring (bicyclic) bond motifs is 1. The Morgan fingerprint density at radius 3 is 2.58 bits per heavy atom. The van der Waals surface area contributed by atoms with Crippen LogP contribution in [0.4, 0.5) is 0 Å². The third kappa shape index (κ3) is 3.67. The zero-order chi connectivity index (χ0) is 18.8. The van der Waals surface area contributed by atoms with Gasteiger partial charge in [-0.1, -0.05) is 0 Å². The number of aryl methyl sites for hydroxylation is 1. The summed E-state index contributed by atoms with van der Waals surface area (Å²) in [5, 5.41) is 0.776. The van der Waals surface area contributed by atoms with Gasteiger partial charge in [0.2, 0.25) is 5.76 Å². The zero-order valence-electron chi connectivity index (χ0n) is 15.4. The minimum absolute atomic E-state index is 0.0361. The molecule has 1 saturated heterocycles. The first kappa shape index (κ1) is 18.3. The van der Waals surface area contributed by atoms with Gasteiger partial charge in [-0.25, -0.2) is 4.79 Å². The van der Waals surface area contributed by atoms with Crippen molar-refractivity contribution in [2.75, 3.05) is 26.8 Å². The van der Waals surface area contributed by atoms with E-state index < -0.39 is 5.97 Å². The lowest BCUT2D eigenvalue weighted by molar-refractivity contribution is -0.146. The molecule has 1 aromatic carbocycles. The Bertz CT molecular complexity index is 817. The highest BCUT2D eigenvalue weighted by atomic mass is 16.5. The molecular weight excluding hydrogens is 338 g/mol. The Kier molecular flexibility index (Phi) is 5.18. The first-order chi connectivity index (χ1) is 12.4. The van der Waals surface area contributed by atoms with Crippen LogP contribution in [0.3, 0.4) is 0 Å². The molecule has 1 fully saturated rings. The van der Waals surface area contributed by atoms with Gasteiger partial charge in [0.25, 0.3) is 5.91 Å². The summed E-state index contributed by atoms with van der Waals surface area (Å²) < 4.78 is 21.6. The van der Waals surface area contributed by atoms with Gasteiger partial charge in [0.15, 0.2) is 6.61 Å². The van der Waals surface area contributed by atoms with Crippen molar-refractivity contribution in [3.63, 3.8) is 0 Å². The second-order valence-electron chi connectivity index (χ2n) is 6.55. The number of carbonyl (C=O) groups is 2. The quantitative estimate of drug-likeness (QED) is 0.779. The number of nitrogens with zero attached hydrogens (tertiary/aromatic N) is 1. The minimum Gasteiger partial charge on any atom is -0.497 e. The maximum absolute atomic E-state index is 12.4. The molecular formula is C19H23NO6. The van der Waals surface area contributed by atoms with Crippen LogP contribution in [0.15, 0.2) is 22.6 Å². The molecule has 140 valence electrons. The van der Waals surface area contributed by atoms with E-state index in [0.717, 1.165) is 5.39 Å². The van der Waals surface area contributed by atoms with Crippen molar-refractivity contribution in [2.24, 2.45) is 0 Å². The number of carbonyl (C=O) groups excluding carboxylic acids is 2. The average molecular weight is 361 g/mol. The molecule has 7 heteroatoms. The molecule has 7 nitrogen and oxygen atoms in total. The molecule has 0 saturated carbocycles. The SMILES string of the molecule is COc1ccc2oc(C(=O)OCC(=O)N3C[C@H](C)O[C@@H](C)C3)c(C)c2c1. The number of morpholine rings is 1. The van der Waals surface area contributed by atoms with Gasteiger partial charge in [-0.05, 0) is 39.0 Å². The number of furan rings is 1. The Morgan fingerprint density at radius 2 is 1.92 bits per heavy atom. The van der Waals surface area contributed by atoms with E-state index in [1.54, 1.807) is 37.1 Å². The lowest BCUT2D eigenvalue weighted by Gasteiger charge is -2.35. The summed E-state index contributed by atoms with van der Waals surface area (Å²) in [4.78, 5) is 26.3. The largest absolute Gasteiger partial charge is 0.497 e. The lowest BCUT2D eigenvalue weighted by Crippen LogP contribution is -2.49. The number of benzene rings is 1. The summed E-state index contributed by atoms with van der Waals surface area (Å²) in [7, 11) is 1.57. The van der Waals surface area contributed by atoms with Crippen LogP contribution in [0.5, 0.6) is 5.75 Å². The average Bonchev–Trinajstić information content (AvgIpc) is 2.94. The van der Waals surface area contributed by atoms with E-state index in [1.165, 1.54) is 0 Å². The number of ether oxygens (including phenoxy) is 3. The normalized spacial score (nSPS) is 20.2. The van der Waals surface area contributed by atoms with Crippen molar-refractivity contribution in [1.29, 1.82) is 0 Å². The van der Waals surface area contributed by atoms with E-state index in [4.69, 9.17) is 18.6 Å². The predicted octanol–water partition coefficient (Wildman–Crippen LogP) is 2.54. The molecule has 1 aromatic heterocycles. The summed E-state index contributed by atoms with van der Waals surface area (Å²) in [6.45, 7) is 6.25. The molecule has 0 spiro atoms. The topological polar surface area (TPSA) is 78.2 Å². The second-order valence-corrected chi connectivity index (χ2v) is 6.55. The Hall–Kier alpha value is -2.54. The fraction of sp³-hybridized carbons (Fsp3) is 0.474. The highest BCUT2D eigenvalue weighted by Crippen LogP contribution is 2.29. The summed E-state index contributed by atoms with van der Waals surface area (Å²) in [6, 6.07) is 5.29. The van der Waals surface area contributed by atoms with Crippen molar-refractivity contribution in [3.05, 3.63) is 29.5 Å². The van der Waals surface area contributed by atoms with Crippen LogP contribution in [-0.4, -0.2) is 55.8 Å². The summed E-state index contributed by atoms with van der Waals surface area (Å²) in [6.07, 6.45) is -0.0722. The summed E-state index contributed by atoms with van der Waals surface area (Å²) in [5.41, 5.74) is 1.22. The van der Waals surface area contributed by atoms with Crippen molar-refractivity contribution < 1.29 is 28.2 Å². The number of hydrogen-bond acceptors (Lipinski definition) is 6. The highest BCUT2D eigenvalue weighted by Gasteiger charge is 2.27. The summed E-state index contributed by atoms with van der Waals surface area (Å²) in [5.74, 6) is -0.118. The van der Waals surface area contributed by atoms with Crippen molar-refractivity contribution in [3.8, 4) is 5.75 Å². The number of amides is 1. The van der Waals surface area contributed by atoms with Crippen LogP contribution >= 0.6 is 0 Å². The third-order valence-electron chi connectivity index (χ3n) is 4.43. The van der Waals surface area contributed by atoms with Crippen LogP contribution in [0.2, 0.25) is 0 Å². The molecule has 0 N–H and O–H groups in total. The molecule has 2 aromatic rings. The third-order valence-corrected chi connectivity index (χ3v) is 4.43. The van der Waals surface area contributed by atoms with E-state index in [-0.39, 0.29) is 30.5 Å². The fourth-order valence-corrected chi connectivity index (χ4v) is 3.19. The smallest absolute Gasteiger partial charge is 0.375 e. The van der Waals surface area contributed by atoms with E-state index in [2.05, 4.69) is 0 Å². The molecule has 0 bridgehead atoms. The number of hydrogen-bond donors (Lipinski definition) is 0. The molecule has 0 aliphatic carbocycles. The monoisotopic (exact) mass is 361 g/mol. The van der Waals surface area contributed by atoms with Crippen molar-refractivity contribution >= 4 is 22.8 Å². The molecule has 1 aliphatic heterocycles. The van der Waals surface area contributed by atoms with Gasteiger partial charge in [0.05, 0.1) is 19.3 Å². The van der Waals surface area contributed by atoms with Gasteiger partial charge >= 0.3 is 5.97 Å². The van der Waals surface area contributed by atoms with Gasteiger partial charge in [-0.15, -0.1) is 0 Å². The maximum Gasteiger partial charge on any atom is 0.375 e. The fourth-order valence-electron chi connectivity index (χ4n) is 3.19. The van der Waals surface area contributed by atoms with E-state index in [1.807, 2.05) is 13.8 Å². The Balaban J connectivity index is 1.67. The van der Waals surface area contributed by atoms with Crippen molar-refractivity contribution in [2.45, 2.75) is 33.0 Å². The first-order valence-electron chi connectivity index (χ1n) is 8.56. The standard InChI is InChI=1S/C19H23NO6/c1-11-8-20(9-12(2)25-11)17(21)10-24-19(22)18-13(3)15-7-14(23-4)5-6-16(15)26-18/h5-7,11-12H,8-10H2,1-4H3/t11-,12-/m0/s1. The molecule has 1 aliphatic rings. The van der Waals surface area contributed by atoms with E-state index in [9.17, 15) is 9.59 Å². The zero-order valence-corrected chi connectivity index (χ0v) is 15.4. The van der Waals surface area contributed by atoms with Crippen LogP contribution in [-0.2, 0) is 14.3 Å². The maximum atomic E-state index is 12.4. The van der Waals surface area contributed by atoms with E-state index in [0.29, 0.717) is 30.0 Å². The molecule has 0 radical (unpaired) electrons. The molecule has 2 heterocycles.